The van der Waals surface area contributed by atoms with Gasteiger partial charge in [0.2, 0.25) is 0 Å². The summed E-state index contributed by atoms with van der Waals surface area (Å²) in [6, 6.07) is 3.46. The fourth-order valence-electron chi connectivity index (χ4n) is 1.69. The summed E-state index contributed by atoms with van der Waals surface area (Å²) in [5.74, 6) is 0.256. The predicted octanol–water partition coefficient (Wildman–Crippen LogP) is 0.962. The summed E-state index contributed by atoms with van der Waals surface area (Å²) in [6.45, 7) is 0.906. The van der Waals surface area contributed by atoms with E-state index >= 15 is 0 Å². The second kappa shape index (κ2) is 5.81. The molecule has 0 N–H and O–H groups in total. The standard InChI is InChI=1S/C10H12ClN5O3/c1-14-6-19-7-15(10(14)13-16(17)18)5-8-2-3-9(11)12-4-8/h2-4H,5-7H2,1H3/b13-10-. The Balaban J connectivity index is 2.16. The van der Waals surface area contributed by atoms with Crippen molar-refractivity contribution >= 4 is 17.6 Å². The van der Waals surface area contributed by atoms with E-state index in [0.717, 1.165) is 5.56 Å². The highest BCUT2D eigenvalue weighted by Gasteiger charge is 2.25. The number of nitro groups is 1. The highest BCUT2D eigenvalue weighted by Crippen LogP contribution is 2.12. The summed E-state index contributed by atoms with van der Waals surface area (Å²) in [5.41, 5.74) is 0.861. The minimum atomic E-state index is -0.718. The topological polar surface area (TPSA) is 84.1 Å². The highest BCUT2D eigenvalue weighted by molar-refractivity contribution is 6.29. The predicted molar refractivity (Wildman–Crippen MR) is 67.8 cm³/mol. The quantitative estimate of drug-likeness (QED) is 0.467. The molecule has 9 heteroatoms. The van der Waals surface area contributed by atoms with Crippen molar-refractivity contribution in [2.45, 2.75) is 6.54 Å². The largest absolute Gasteiger partial charge is 0.341 e. The Morgan fingerprint density at radius 3 is 3.00 bits per heavy atom. The number of hydrogen-bond donors (Lipinski definition) is 0. The Kier molecular flexibility index (Phi) is 4.13. The second-order valence-corrected chi connectivity index (χ2v) is 4.37. The molecule has 2 heterocycles. The lowest BCUT2D eigenvalue weighted by Crippen LogP contribution is -2.49. The molecular formula is C10H12ClN5O3. The van der Waals surface area contributed by atoms with Crippen molar-refractivity contribution in [2.75, 3.05) is 20.5 Å². The number of ether oxygens (including phenoxy) is 1. The van der Waals surface area contributed by atoms with Crippen LogP contribution in [0.1, 0.15) is 5.56 Å². The van der Waals surface area contributed by atoms with E-state index in [-0.39, 0.29) is 19.4 Å². The number of guanidine groups is 1. The summed E-state index contributed by atoms with van der Waals surface area (Å²) in [4.78, 5) is 17.7. The number of hydrazone groups is 1. The minimum absolute atomic E-state index is 0.236. The van der Waals surface area contributed by atoms with Gasteiger partial charge >= 0.3 is 0 Å². The first kappa shape index (κ1) is 13.5. The van der Waals surface area contributed by atoms with Crippen LogP contribution in [0.5, 0.6) is 0 Å². The van der Waals surface area contributed by atoms with Gasteiger partial charge in [0, 0.05) is 19.8 Å². The molecule has 19 heavy (non-hydrogen) atoms. The Hall–Kier alpha value is -1.93. The smallest absolute Gasteiger partial charge is 0.277 e. The van der Waals surface area contributed by atoms with Gasteiger partial charge in [-0.25, -0.2) is 15.1 Å². The van der Waals surface area contributed by atoms with E-state index in [4.69, 9.17) is 16.3 Å². The fraction of sp³-hybridized carbons (Fsp3) is 0.400. The highest BCUT2D eigenvalue weighted by atomic mass is 35.5. The third-order valence-corrected chi connectivity index (χ3v) is 2.71. The third kappa shape index (κ3) is 3.52. The van der Waals surface area contributed by atoms with Crippen molar-refractivity contribution in [2.24, 2.45) is 5.10 Å². The minimum Gasteiger partial charge on any atom is -0.341 e. The van der Waals surface area contributed by atoms with Crippen LogP contribution in [0.15, 0.2) is 23.4 Å². The SMILES string of the molecule is CN1COCN(Cc2ccc(Cl)nc2)/C1=N\[N+](=O)[O-]. The molecule has 2 rings (SSSR count). The first-order valence-electron chi connectivity index (χ1n) is 5.43. The lowest BCUT2D eigenvalue weighted by atomic mass is 10.3. The number of nitrogens with zero attached hydrogens (tertiary/aromatic N) is 5. The second-order valence-electron chi connectivity index (χ2n) is 3.99. The van der Waals surface area contributed by atoms with Crippen LogP contribution in [0, 0.1) is 10.1 Å². The molecule has 1 aromatic rings. The summed E-state index contributed by atoms with van der Waals surface area (Å²) in [7, 11) is 1.68. The van der Waals surface area contributed by atoms with Gasteiger partial charge in [-0.3, -0.25) is 0 Å². The van der Waals surface area contributed by atoms with Gasteiger partial charge in [0.1, 0.15) is 23.7 Å². The van der Waals surface area contributed by atoms with Gasteiger partial charge < -0.3 is 14.5 Å². The summed E-state index contributed by atoms with van der Waals surface area (Å²) < 4.78 is 5.30. The number of halogens is 1. The molecule has 1 aromatic heterocycles. The van der Waals surface area contributed by atoms with Crippen molar-refractivity contribution in [1.82, 2.24) is 14.8 Å². The molecule has 1 aliphatic heterocycles. The van der Waals surface area contributed by atoms with E-state index < -0.39 is 5.03 Å². The molecule has 0 unspecified atom stereocenters. The maximum atomic E-state index is 10.5. The molecule has 102 valence electrons. The van der Waals surface area contributed by atoms with E-state index in [0.29, 0.717) is 11.7 Å². The van der Waals surface area contributed by atoms with Crippen LogP contribution < -0.4 is 0 Å². The van der Waals surface area contributed by atoms with Crippen LogP contribution in [-0.2, 0) is 11.3 Å². The molecule has 1 aliphatic rings. The average molecular weight is 286 g/mol. The number of hydrogen-bond acceptors (Lipinski definition) is 4. The van der Waals surface area contributed by atoms with Gasteiger partial charge in [-0.2, -0.15) is 0 Å². The van der Waals surface area contributed by atoms with Crippen LogP contribution in [0.4, 0.5) is 0 Å². The molecular weight excluding hydrogens is 274 g/mol. The van der Waals surface area contributed by atoms with Crippen molar-refractivity contribution in [3.63, 3.8) is 0 Å². The van der Waals surface area contributed by atoms with Gasteiger partial charge in [-0.1, -0.05) is 17.7 Å². The zero-order valence-electron chi connectivity index (χ0n) is 10.2. The van der Waals surface area contributed by atoms with Crippen molar-refractivity contribution < 1.29 is 9.77 Å². The van der Waals surface area contributed by atoms with Crippen LogP contribution in [0.3, 0.4) is 0 Å². The first-order valence-corrected chi connectivity index (χ1v) is 5.81. The van der Waals surface area contributed by atoms with Gasteiger partial charge in [0.05, 0.1) is 0 Å². The third-order valence-electron chi connectivity index (χ3n) is 2.49. The molecule has 0 radical (unpaired) electrons. The summed E-state index contributed by atoms with van der Waals surface area (Å²) >= 11 is 5.70. The number of pyridine rings is 1. The zero-order valence-corrected chi connectivity index (χ0v) is 10.9. The van der Waals surface area contributed by atoms with Gasteiger partial charge in [0.15, 0.2) is 5.03 Å². The number of rotatable bonds is 3. The lowest BCUT2D eigenvalue weighted by Gasteiger charge is -2.34. The van der Waals surface area contributed by atoms with E-state index in [2.05, 4.69) is 10.1 Å². The first-order chi connectivity index (χ1) is 9.06. The zero-order chi connectivity index (χ0) is 13.8. The van der Waals surface area contributed by atoms with Crippen LogP contribution >= 0.6 is 11.6 Å². The molecule has 1 fully saturated rings. The van der Waals surface area contributed by atoms with Crippen LogP contribution in [0.2, 0.25) is 5.15 Å². The van der Waals surface area contributed by atoms with Gasteiger partial charge in [0.25, 0.3) is 5.96 Å². The molecule has 1 saturated heterocycles. The lowest BCUT2D eigenvalue weighted by molar-refractivity contribution is -0.486. The maximum absolute atomic E-state index is 10.5. The average Bonchev–Trinajstić information content (AvgIpc) is 2.36. The Morgan fingerprint density at radius 2 is 2.37 bits per heavy atom. The Bertz CT molecular complexity index is 492. The molecule has 0 spiro atoms. The normalized spacial score (nSPS) is 17.9. The van der Waals surface area contributed by atoms with Crippen LogP contribution in [0.25, 0.3) is 0 Å². The molecule has 8 nitrogen and oxygen atoms in total. The molecule has 0 aromatic carbocycles. The van der Waals surface area contributed by atoms with E-state index in [9.17, 15) is 10.1 Å². The summed E-state index contributed by atoms with van der Waals surface area (Å²) in [5, 5.41) is 13.6. The molecule has 0 aliphatic carbocycles. The molecule has 0 amide bonds. The fourth-order valence-corrected chi connectivity index (χ4v) is 1.81. The van der Waals surface area contributed by atoms with Crippen LogP contribution in [-0.4, -0.2) is 46.3 Å². The Labute approximate surface area is 114 Å². The van der Waals surface area contributed by atoms with Crippen molar-refractivity contribution in [3.05, 3.63) is 39.2 Å². The maximum Gasteiger partial charge on any atom is 0.277 e. The van der Waals surface area contributed by atoms with Crippen molar-refractivity contribution in [3.8, 4) is 0 Å². The van der Waals surface area contributed by atoms with Gasteiger partial charge in [-0.15, -0.1) is 0 Å². The van der Waals surface area contributed by atoms with E-state index in [1.807, 2.05) is 0 Å². The van der Waals surface area contributed by atoms with Crippen molar-refractivity contribution in [1.29, 1.82) is 0 Å². The number of aromatic nitrogens is 1. The molecule has 0 saturated carbocycles. The summed E-state index contributed by atoms with van der Waals surface area (Å²) in [6.07, 6.45) is 1.61. The molecule has 0 bridgehead atoms. The monoisotopic (exact) mass is 285 g/mol. The van der Waals surface area contributed by atoms with E-state index in [1.54, 1.807) is 35.2 Å². The Morgan fingerprint density at radius 1 is 1.58 bits per heavy atom. The molecule has 0 atom stereocenters. The van der Waals surface area contributed by atoms with E-state index in [1.165, 1.54) is 0 Å². The van der Waals surface area contributed by atoms with Gasteiger partial charge in [-0.05, 0) is 11.6 Å².